The summed E-state index contributed by atoms with van der Waals surface area (Å²) in [4.78, 5) is 19.2. The van der Waals surface area contributed by atoms with Gasteiger partial charge in [-0.05, 0) is 68.1 Å². The SMILES string of the molecule is Cn1cc(CC(=O)CC2CCC(F)(CCN3CCc4ccc(CCC(F)(F)F)nc4CC3)CC2)cn1. The van der Waals surface area contributed by atoms with Crippen LogP contribution in [0.2, 0.25) is 0 Å². The summed E-state index contributed by atoms with van der Waals surface area (Å²) in [6, 6.07) is 3.61. The summed E-state index contributed by atoms with van der Waals surface area (Å²) >= 11 is 0. The predicted molar refractivity (Wildman–Crippen MR) is 129 cm³/mol. The van der Waals surface area contributed by atoms with E-state index in [-0.39, 0.29) is 18.1 Å². The van der Waals surface area contributed by atoms with Crippen molar-refractivity contribution in [2.45, 2.75) is 82.5 Å². The summed E-state index contributed by atoms with van der Waals surface area (Å²) in [6.07, 6.45) is 3.75. The van der Waals surface area contributed by atoms with Crippen LogP contribution in [0.25, 0.3) is 0 Å². The number of carbonyl (C=O) groups excluding carboxylic acids is 1. The summed E-state index contributed by atoms with van der Waals surface area (Å²) in [6.45, 7) is 2.21. The first-order valence-electron chi connectivity index (χ1n) is 13.0. The van der Waals surface area contributed by atoms with Crippen molar-refractivity contribution in [2.75, 3.05) is 19.6 Å². The lowest BCUT2D eigenvalue weighted by Gasteiger charge is -2.35. The smallest absolute Gasteiger partial charge is 0.302 e. The minimum Gasteiger partial charge on any atom is -0.302 e. The third-order valence-corrected chi connectivity index (χ3v) is 7.71. The third kappa shape index (κ3) is 7.85. The quantitative estimate of drug-likeness (QED) is 0.437. The largest absolute Gasteiger partial charge is 0.389 e. The van der Waals surface area contributed by atoms with Crippen LogP contribution in [0.5, 0.6) is 0 Å². The molecule has 0 amide bonds. The summed E-state index contributed by atoms with van der Waals surface area (Å²) in [7, 11) is 1.83. The average Bonchev–Trinajstić information content (AvgIpc) is 3.11. The van der Waals surface area contributed by atoms with E-state index in [1.807, 2.05) is 19.3 Å². The zero-order chi connectivity index (χ0) is 25.8. The minimum absolute atomic E-state index is 0.0963. The molecule has 1 fully saturated rings. The molecule has 0 spiro atoms. The van der Waals surface area contributed by atoms with Crippen molar-refractivity contribution in [2.24, 2.45) is 13.0 Å². The number of Topliss-reactive ketones (excluding diaryl/α,β-unsaturated/α-hetero) is 1. The molecule has 4 rings (SSSR count). The Hall–Kier alpha value is -2.29. The first-order valence-corrected chi connectivity index (χ1v) is 13.0. The Morgan fingerprint density at radius 1 is 1.17 bits per heavy atom. The maximum absolute atomic E-state index is 15.6. The molecular formula is C27H36F4N4O. The second-order valence-corrected chi connectivity index (χ2v) is 10.7. The first kappa shape index (κ1) is 26.8. The Morgan fingerprint density at radius 2 is 1.92 bits per heavy atom. The molecule has 0 unspecified atom stereocenters. The van der Waals surface area contributed by atoms with E-state index in [4.69, 9.17) is 0 Å². The fourth-order valence-corrected chi connectivity index (χ4v) is 5.50. The van der Waals surface area contributed by atoms with Crippen LogP contribution in [0.1, 0.15) is 67.5 Å². The number of hydrogen-bond acceptors (Lipinski definition) is 4. The van der Waals surface area contributed by atoms with Gasteiger partial charge >= 0.3 is 6.18 Å². The Balaban J connectivity index is 1.19. The van der Waals surface area contributed by atoms with E-state index in [2.05, 4.69) is 15.0 Å². The molecule has 2 aromatic rings. The van der Waals surface area contributed by atoms with Gasteiger partial charge in [-0.25, -0.2) is 4.39 Å². The van der Waals surface area contributed by atoms with Crippen molar-refractivity contribution in [3.8, 4) is 0 Å². The van der Waals surface area contributed by atoms with Gasteiger partial charge in [0.15, 0.2) is 0 Å². The fraction of sp³-hybridized carbons (Fsp3) is 0.667. The Labute approximate surface area is 210 Å². The van der Waals surface area contributed by atoms with Gasteiger partial charge in [0, 0.05) is 69.9 Å². The van der Waals surface area contributed by atoms with Crippen molar-refractivity contribution < 1.29 is 22.4 Å². The highest BCUT2D eigenvalue weighted by Gasteiger charge is 2.36. The number of aryl methyl sites for hydroxylation is 2. The van der Waals surface area contributed by atoms with Crippen LogP contribution in [-0.4, -0.2) is 56.9 Å². The molecule has 0 N–H and O–H groups in total. The highest BCUT2D eigenvalue weighted by atomic mass is 19.4. The molecule has 36 heavy (non-hydrogen) atoms. The van der Waals surface area contributed by atoms with E-state index >= 15 is 4.39 Å². The second kappa shape index (κ2) is 11.4. The molecule has 2 aliphatic rings. The third-order valence-electron chi connectivity index (χ3n) is 7.71. The first-order chi connectivity index (χ1) is 17.1. The molecule has 3 heterocycles. The number of alkyl halides is 4. The van der Waals surface area contributed by atoms with Gasteiger partial charge in [0.1, 0.15) is 11.5 Å². The standard InChI is InChI=1S/C27H36F4N4O/c1-34-19-21(18-32-34)17-24(36)16-20-4-9-26(28,10-5-20)12-15-35-13-7-22-2-3-23(6-11-27(29,30)31)33-25(22)8-14-35/h2-3,18-20H,4-17H2,1H3. The lowest BCUT2D eigenvalue weighted by molar-refractivity contribution is -0.134. The Bertz CT molecular complexity index is 1030. The van der Waals surface area contributed by atoms with Gasteiger partial charge < -0.3 is 4.90 Å². The monoisotopic (exact) mass is 508 g/mol. The Morgan fingerprint density at radius 3 is 2.61 bits per heavy atom. The number of halogens is 4. The van der Waals surface area contributed by atoms with Gasteiger partial charge in [-0.15, -0.1) is 0 Å². The van der Waals surface area contributed by atoms with Crippen LogP contribution < -0.4 is 0 Å². The molecule has 198 valence electrons. The van der Waals surface area contributed by atoms with Crippen molar-refractivity contribution in [3.05, 3.63) is 47.0 Å². The van der Waals surface area contributed by atoms with Crippen LogP contribution in [-0.2, 0) is 37.5 Å². The second-order valence-electron chi connectivity index (χ2n) is 10.7. The summed E-state index contributed by atoms with van der Waals surface area (Å²) in [5, 5.41) is 4.10. The van der Waals surface area contributed by atoms with Gasteiger partial charge in [0.05, 0.1) is 6.20 Å². The van der Waals surface area contributed by atoms with Gasteiger partial charge in [0.25, 0.3) is 0 Å². The zero-order valence-corrected chi connectivity index (χ0v) is 21.0. The van der Waals surface area contributed by atoms with E-state index in [0.717, 1.165) is 49.2 Å². The predicted octanol–water partition coefficient (Wildman–Crippen LogP) is 5.20. The molecule has 0 bridgehead atoms. The van der Waals surface area contributed by atoms with E-state index in [1.165, 1.54) is 0 Å². The number of ketones is 1. The fourth-order valence-electron chi connectivity index (χ4n) is 5.50. The number of nitrogens with zero attached hydrogens (tertiary/aromatic N) is 4. The summed E-state index contributed by atoms with van der Waals surface area (Å²) < 4.78 is 54.9. The highest BCUT2D eigenvalue weighted by molar-refractivity contribution is 5.80. The number of aromatic nitrogens is 3. The maximum atomic E-state index is 15.6. The minimum atomic E-state index is -4.18. The van der Waals surface area contributed by atoms with Gasteiger partial charge in [-0.2, -0.15) is 18.3 Å². The topological polar surface area (TPSA) is 51.0 Å². The molecule has 5 nitrogen and oxygen atoms in total. The maximum Gasteiger partial charge on any atom is 0.389 e. The highest BCUT2D eigenvalue weighted by Crippen LogP contribution is 2.39. The summed E-state index contributed by atoms with van der Waals surface area (Å²) in [5.41, 5.74) is 2.18. The molecule has 9 heteroatoms. The van der Waals surface area contributed by atoms with Crippen molar-refractivity contribution in [1.82, 2.24) is 19.7 Å². The zero-order valence-electron chi connectivity index (χ0n) is 21.0. The van der Waals surface area contributed by atoms with Crippen molar-refractivity contribution in [1.29, 1.82) is 0 Å². The van der Waals surface area contributed by atoms with Crippen LogP contribution in [0.15, 0.2) is 24.5 Å². The van der Waals surface area contributed by atoms with E-state index in [9.17, 15) is 18.0 Å². The molecule has 1 aliphatic carbocycles. The molecule has 0 radical (unpaired) electrons. The molecule has 2 aromatic heterocycles. The average molecular weight is 509 g/mol. The Kier molecular flexibility index (Phi) is 8.48. The van der Waals surface area contributed by atoms with Crippen molar-refractivity contribution >= 4 is 5.78 Å². The van der Waals surface area contributed by atoms with Crippen LogP contribution in [0.3, 0.4) is 0 Å². The van der Waals surface area contributed by atoms with Gasteiger partial charge in [-0.1, -0.05) is 6.07 Å². The van der Waals surface area contributed by atoms with Crippen LogP contribution in [0.4, 0.5) is 17.6 Å². The lowest BCUT2D eigenvalue weighted by Crippen LogP contribution is -2.36. The van der Waals surface area contributed by atoms with E-state index < -0.39 is 18.3 Å². The van der Waals surface area contributed by atoms with Crippen LogP contribution >= 0.6 is 0 Å². The van der Waals surface area contributed by atoms with Gasteiger partial charge in [0.2, 0.25) is 0 Å². The lowest BCUT2D eigenvalue weighted by atomic mass is 9.76. The normalized spacial score (nSPS) is 23.3. The molecule has 0 saturated heterocycles. The van der Waals surface area contributed by atoms with Crippen molar-refractivity contribution in [3.63, 3.8) is 0 Å². The number of pyridine rings is 1. The number of fused-ring (bicyclic) bond motifs is 1. The molecule has 0 aromatic carbocycles. The molecular weight excluding hydrogens is 472 g/mol. The number of rotatable bonds is 9. The molecule has 1 saturated carbocycles. The molecule has 1 aliphatic heterocycles. The molecule has 0 atom stereocenters. The van der Waals surface area contributed by atoms with Crippen LogP contribution in [0, 0.1) is 5.92 Å². The van der Waals surface area contributed by atoms with E-state index in [0.29, 0.717) is 50.8 Å². The van der Waals surface area contributed by atoms with Gasteiger partial charge in [-0.3, -0.25) is 14.5 Å². The summed E-state index contributed by atoms with van der Waals surface area (Å²) in [5.74, 6) is 0.446. The van der Waals surface area contributed by atoms with E-state index in [1.54, 1.807) is 16.9 Å². The number of hydrogen-bond donors (Lipinski definition) is 0. The number of carbonyl (C=O) groups is 1.